The molecular formula is C16H24O7. The zero-order chi connectivity index (χ0) is 17.0. The van der Waals surface area contributed by atoms with Gasteiger partial charge in [-0.2, -0.15) is 0 Å². The second-order valence-electron chi connectivity index (χ2n) is 5.74. The van der Waals surface area contributed by atoms with Gasteiger partial charge in [0.05, 0.1) is 19.8 Å². The third kappa shape index (κ3) is 4.19. The normalized spacial score (nSPS) is 32.6. The summed E-state index contributed by atoms with van der Waals surface area (Å²) in [6, 6.07) is 0. The van der Waals surface area contributed by atoms with Crippen molar-refractivity contribution in [2.24, 2.45) is 0 Å². The van der Waals surface area contributed by atoms with Gasteiger partial charge in [0, 0.05) is 6.08 Å². The zero-order valence-electron chi connectivity index (χ0n) is 13.7. The van der Waals surface area contributed by atoms with Crippen molar-refractivity contribution in [2.45, 2.75) is 51.2 Å². The van der Waals surface area contributed by atoms with Crippen molar-refractivity contribution in [3.8, 4) is 0 Å². The monoisotopic (exact) mass is 328 g/mol. The van der Waals surface area contributed by atoms with Gasteiger partial charge in [-0.1, -0.05) is 6.08 Å². The summed E-state index contributed by atoms with van der Waals surface area (Å²) in [4.78, 5) is 11.7. The molecule has 2 aliphatic heterocycles. The molecule has 0 aromatic carbocycles. The summed E-state index contributed by atoms with van der Waals surface area (Å²) in [6.45, 7) is 9.08. The number of carbonyl (C=O) groups is 1. The van der Waals surface area contributed by atoms with Gasteiger partial charge in [-0.05, 0) is 26.3 Å². The lowest BCUT2D eigenvalue weighted by Gasteiger charge is -2.26. The molecule has 130 valence electrons. The topological polar surface area (TPSA) is 83.5 Å². The quantitative estimate of drug-likeness (QED) is 0.422. The number of hydrogen-bond acceptors (Lipinski definition) is 7. The third-order valence-corrected chi connectivity index (χ3v) is 3.54. The molecule has 0 unspecified atom stereocenters. The predicted octanol–water partition coefficient (Wildman–Crippen LogP) is 0.916. The number of ether oxygens (including phenoxy) is 5. The van der Waals surface area contributed by atoms with Crippen LogP contribution in [0.15, 0.2) is 24.3 Å². The van der Waals surface area contributed by atoms with Crippen molar-refractivity contribution in [3.05, 3.63) is 24.3 Å². The van der Waals surface area contributed by atoms with Crippen LogP contribution in [0.2, 0.25) is 0 Å². The number of carbonyl (C=O) groups excluding carboxylic acids is 1. The van der Waals surface area contributed by atoms with E-state index in [4.69, 9.17) is 23.7 Å². The minimum absolute atomic E-state index is 0.252. The molecule has 0 bridgehead atoms. The number of rotatable bonds is 7. The summed E-state index contributed by atoms with van der Waals surface area (Å²) >= 11 is 0. The molecule has 2 rings (SSSR count). The fourth-order valence-electron chi connectivity index (χ4n) is 2.69. The van der Waals surface area contributed by atoms with Crippen molar-refractivity contribution in [1.82, 2.24) is 0 Å². The van der Waals surface area contributed by atoms with Crippen LogP contribution in [0.5, 0.6) is 0 Å². The summed E-state index contributed by atoms with van der Waals surface area (Å²) in [5, 5.41) is 9.60. The van der Waals surface area contributed by atoms with Gasteiger partial charge >= 0.3 is 5.97 Å². The Hall–Kier alpha value is -1.25. The van der Waals surface area contributed by atoms with Gasteiger partial charge in [0.25, 0.3) is 0 Å². The number of hydrogen-bond donors (Lipinski definition) is 1. The summed E-state index contributed by atoms with van der Waals surface area (Å²) in [5.74, 6) is -1.32. The van der Waals surface area contributed by atoms with Crippen molar-refractivity contribution in [3.63, 3.8) is 0 Å². The summed E-state index contributed by atoms with van der Waals surface area (Å²) in [6.07, 6.45) is 0.584. The third-order valence-electron chi connectivity index (χ3n) is 3.54. The fraction of sp³-hybridized carbons (Fsp3) is 0.688. The van der Waals surface area contributed by atoms with Crippen molar-refractivity contribution in [2.75, 3.05) is 19.8 Å². The molecule has 2 saturated heterocycles. The van der Waals surface area contributed by atoms with E-state index in [1.807, 2.05) is 0 Å². The van der Waals surface area contributed by atoms with Gasteiger partial charge in [0.2, 0.25) is 0 Å². The fourth-order valence-corrected chi connectivity index (χ4v) is 2.69. The molecule has 2 aliphatic rings. The first-order valence-corrected chi connectivity index (χ1v) is 7.63. The maximum absolute atomic E-state index is 11.7. The predicted molar refractivity (Wildman–Crippen MR) is 80.4 cm³/mol. The Kier molecular flexibility index (Phi) is 5.94. The van der Waals surface area contributed by atoms with E-state index in [1.54, 1.807) is 26.8 Å². The van der Waals surface area contributed by atoms with Crippen LogP contribution in [0.1, 0.15) is 20.8 Å². The van der Waals surface area contributed by atoms with Gasteiger partial charge in [-0.25, -0.2) is 4.79 Å². The Morgan fingerprint density at radius 1 is 1.39 bits per heavy atom. The van der Waals surface area contributed by atoms with E-state index in [1.165, 1.54) is 6.08 Å². The standard InChI is InChI=1S/C16H24O7/c1-5-7-20-13-12(10(9-17)8-11(18)19-6-2)21-15-14(13)22-16(3,4)23-15/h5,8,12-15,17H,1,6-7,9H2,2-4H3/b10-8-/t12-,13+,14-,15-/m1/s1. The van der Waals surface area contributed by atoms with E-state index in [0.717, 1.165) is 0 Å². The largest absolute Gasteiger partial charge is 0.463 e. The van der Waals surface area contributed by atoms with E-state index in [0.29, 0.717) is 5.57 Å². The second-order valence-corrected chi connectivity index (χ2v) is 5.74. The molecule has 7 nitrogen and oxygen atoms in total. The van der Waals surface area contributed by atoms with Gasteiger partial charge in [0.15, 0.2) is 12.1 Å². The minimum Gasteiger partial charge on any atom is -0.463 e. The van der Waals surface area contributed by atoms with Gasteiger partial charge in [-0.3, -0.25) is 0 Å². The summed E-state index contributed by atoms with van der Waals surface area (Å²) < 4.78 is 28.0. The Labute approximate surface area is 135 Å². The summed E-state index contributed by atoms with van der Waals surface area (Å²) in [7, 11) is 0. The molecule has 23 heavy (non-hydrogen) atoms. The molecule has 0 saturated carbocycles. The zero-order valence-corrected chi connectivity index (χ0v) is 13.7. The van der Waals surface area contributed by atoms with Crippen molar-refractivity contribution < 1.29 is 33.6 Å². The molecule has 0 spiro atoms. The lowest BCUT2D eigenvalue weighted by atomic mass is 10.0. The van der Waals surface area contributed by atoms with E-state index in [2.05, 4.69) is 6.58 Å². The van der Waals surface area contributed by atoms with Crippen LogP contribution in [-0.4, -0.2) is 61.3 Å². The molecule has 1 N–H and O–H groups in total. The first kappa shape index (κ1) is 18.1. The molecule has 0 aliphatic carbocycles. The molecular weight excluding hydrogens is 304 g/mol. The molecule has 0 amide bonds. The number of esters is 1. The van der Waals surface area contributed by atoms with Gasteiger partial charge in [-0.15, -0.1) is 6.58 Å². The van der Waals surface area contributed by atoms with Crippen LogP contribution in [0.4, 0.5) is 0 Å². The Balaban J connectivity index is 2.19. The number of aliphatic hydroxyl groups is 1. The molecule has 4 atom stereocenters. The van der Waals surface area contributed by atoms with Crippen molar-refractivity contribution >= 4 is 5.97 Å². The average molecular weight is 328 g/mol. The van der Waals surface area contributed by atoms with Crippen LogP contribution < -0.4 is 0 Å². The lowest BCUT2D eigenvalue weighted by Crippen LogP contribution is -2.38. The summed E-state index contributed by atoms with van der Waals surface area (Å²) in [5.41, 5.74) is 0.358. The highest BCUT2D eigenvalue weighted by molar-refractivity contribution is 5.83. The first-order chi connectivity index (χ1) is 10.9. The lowest BCUT2D eigenvalue weighted by molar-refractivity contribution is -0.213. The van der Waals surface area contributed by atoms with E-state index in [-0.39, 0.29) is 19.8 Å². The molecule has 2 heterocycles. The Bertz CT molecular complexity index is 471. The number of fused-ring (bicyclic) bond motifs is 1. The Morgan fingerprint density at radius 2 is 2.13 bits per heavy atom. The molecule has 2 fully saturated rings. The van der Waals surface area contributed by atoms with E-state index in [9.17, 15) is 9.90 Å². The van der Waals surface area contributed by atoms with Gasteiger partial charge < -0.3 is 28.8 Å². The van der Waals surface area contributed by atoms with Crippen LogP contribution >= 0.6 is 0 Å². The average Bonchev–Trinajstić information content (AvgIpc) is 2.95. The first-order valence-electron chi connectivity index (χ1n) is 7.63. The maximum Gasteiger partial charge on any atom is 0.330 e. The molecule has 0 aromatic rings. The minimum atomic E-state index is -0.777. The van der Waals surface area contributed by atoms with Crippen molar-refractivity contribution in [1.29, 1.82) is 0 Å². The van der Waals surface area contributed by atoms with Crippen LogP contribution in [0.3, 0.4) is 0 Å². The molecule has 0 radical (unpaired) electrons. The van der Waals surface area contributed by atoms with E-state index >= 15 is 0 Å². The molecule has 7 heteroatoms. The molecule has 0 aromatic heterocycles. The highest BCUT2D eigenvalue weighted by Gasteiger charge is 2.56. The maximum atomic E-state index is 11.7. The van der Waals surface area contributed by atoms with Crippen LogP contribution in [-0.2, 0) is 28.5 Å². The number of aliphatic hydroxyl groups excluding tert-OH is 1. The van der Waals surface area contributed by atoms with E-state index < -0.39 is 36.4 Å². The highest BCUT2D eigenvalue weighted by Crippen LogP contribution is 2.40. The Morgan fingerprint density at radius 3 is 2.74 bits per heavy atom. The SMILES string of the molecule is C=CCO[C@@H]1[C@H]2OC(C)(C)O[C@H]2O[C@@H]1/C(=C\C(=O)OCC)CO. The van der Waals surface area contributed by atoms with Crippen LogP contribution in [0.25, 0.3) is 0 Å². The second kappa shape index (κ2) is 7.55. The van der Waals surface area contributed by atoms with Gasteiger partial charge in [0.1, 0.15) is 18.3 Å². The van der Waals surface area contributed by atoms with Crippen LogP contribution in [0, 0.1) is 0 Å². The highest BCUT2D eigenvalue weighted by atomic mass is 16.8. The smallest absolute Gasteiger partial charge is 0.330 e.